The topological polar surface area (TPSA) is 70.2 Å². The van der Waals surface area contributed by atoms with Gasteiger partial charge in [0.2, 0.25) is 11.8 Å². The fraction of sp³-hybridized carbons (Fsp3) is 0.467. The zero-order valence-corrected chi connectivity index (χ0v) is 13.4. The molecule has 2 amide bonds. The monoisotopic (exact) mass is 311 g/mol. The number of rotatable bonds is 7. The van der Waals surface area contributed by atoms with Gasteiger partial charge in [-0.2, -0.15) is 0 Å². The lowest BCUT2D eigenvalue weighted by Gasteiger charge is -2.14. The summed E-state index contributed by atoms with van der Waals surface area (Å²) in [6, 6.07) is 4.89. The second kappa shape index (κ2) is 8.64. The summed E-state index contributed by atoms with van der Waals surface area (Å²) in [5.74, 6) is -0.320. The SMILES string of the molecule is CCCNC(=O)C(C)NCC(=O)Nc1cc(Cl)ccc1C. The lowest BCUT2D eigenvalue weighted by Crippen LogP contribution is -2.45. The molecule has 0 saturated heterocycles. The summed E-state index contributed by atoms with van der Waals surface area (Å²) in [7, 11) is 0. The molecule has 1 rings (SSSR count). The lowest BCUT2D eigenvalue weighted by atomic mass is 10.2. The molecule has 1 atom stereocenters. The molecule has 0 heterocycles. The molecule has 0 aliphatic rings. The van der Waals surface area contributed by atoms with Crippen molar-refractivity contribution in [1.82, 2.24) is 10.6 Å². The molecule has 0 saturated carbocycles. The van der Waals surface area contributed by atoms with Gasteiger partial charge in [-0.1, -0.05) is 24.6 Å². The van der Waals surface area contributed by atoms with Crippen LogP contribution in [0.2, 0.25) is 5.02 Å². The van der Waals surface area contributed by atoms with E-state index < -0.39 is 6.04 Å². The molecule has 21 heavy (non-hydrogen) atoms. The van der Waals surface area contributed by atoms with Crippen LogP contribution in [0.3, 0.4) is 0 Å². The zero-order chi connectivity index (χ0) is 15.8. The number of benzene rings is 1. The Balaban J connectivity index is 2.43. The maximum absolute atomic E-state index is 11.9. The van der Waals surface area contributed by atoms with E-state index in [2.05, 4.69) is 16.0 Å². The van der Waals surface area contributed by atoms with Gasteiger partial charge in [-0.3, -0.25) is 14.9 Å². The van der Waals surface area contributed by atoms with Crippen molar-refractivity contribution in [3.63, 3.8) is 0 Å². The quantitative estimate of drug-likeness (QED) is 0.722. The summed E-state index contributed by atoms with van der Waals surface area (Å²) in [4.78, 5) is 23.5. The van der Waals surface area contributed by atoms with Crippen molar-refractivity contribution in [3.05, 3.63) is 28.8 Å². The highest BCUT2D eigenvalue weighted by molar-refractivity contribution is 6.31. The number of halogens is 1. The van der Waals surface area contributed by atoms with Crippen molar-refractivity contribution in [2.45, 2.75) is 33.2 Å². The van der Waals surface area contributed by atoms with Gasteiger partial charge in [0.05, 0.1) is 12.6 Å². The molecule has 1 unspecified atom stereocenters. The minimum atomic E-state index is -0.414. The van der Waals surface area contributed by atoms with Crippen molar-refractivity contribution in [2.75, 3.05) is 18.4 Å². The molecule has 0 aliphatic carbocycles. The average Bonchev–Trinajstić information content (AvgIpc) is 2.46. The largest absolute Gasteiger partial charge is 0.355 e. The Kier molecular flexibility index (Phi) is 7.19. The number of anilines is 1. The van der Waals surface area contributed by atoms with Crippen LogP contribution >= 0.6 is 11.6 Å². The van der Waals surface area contributed by atoms with Crippen LogP contribution in [0.25, 0.3) is 0 Å². The van der Waals surface area contributed by atoms with Gasteiger partial charge in [0.15, 0.2) is 0 Å². The molecule has 0 aromatic heterocycles. The minimum absolute atomic E-state index is 0.0622. The number of nitrogens with one attached hydrogen (secondary N) is 3. The first-order chi connectivity index (χ1) is 9.93. The highest BCUT2D eigenvalue weighted by atomic mass is 35.5. The summed E-state index contributed by atoms with van der Waals surface area (Å²) in [5.41, 5.74) is 1.61. The number of carbonyl (C=O) groups is 2. The molecule has 0 aliphatic heterocycles. The van der Waals surface area contributed by atoms with Crippen LogP contribution in [-0.2, 0) is 9.59 Å². The highest BCUT2D eigenvalue weighted by Crippen LogP contribution is 2.19. The van der Waals surface area contributed by atoms with Gasteiger partial charge in [-0.25, -0.2) is 0 Å². The Labute approximate surface area is 130 Å². The third-order valence-corrected chi connectivity index (χ3v) is 3.22. The first kappa shape index (κ1) is 17.5. The Bertz CT molecular complexity index is 506. The zero-order valence-electron chi connectivity index (χ0n) is 12.6. The molecular formula is C15H22ClN3O2. The first-order valence-electron chi connectivity index (χ1n) is 7.01. The van der Waals surface area contributed by atoms with Crippen LogP contribution in [0.15, 0.2) is 18.2 Å². The molecule has 116 valence electrons. The fourth-order valence-corrected chi connectivity index (χ4v) is 1.84. The van der Waals surface area contributed by atoms with Gasteiger partial charge in [-0.15, -0.1) is 0 Å². The number of hydrogen-bond acceptors (Lipinski definition) is 3. The number of aryl methyl sites for hydroxylation is 1. The first-order valence-corrected chi connectivity index (χ1v) is 7.39. The molecule has 0 bridgehead atoms. The van der Waals surface area contributed by atoms with E-state index in [9.17, 15) is 9.59 Å². The Morgan fingerprint density at radius 2 is 2.05 bits per heavy atom. The molecule has 1 aromatic carbocycles. The van der Waals surface area contributed by atoms with Gasteiger partial charge >= 0.3 is 0 Å². The van der Waals surface area contributed by atoms with Crippen LogP contribution in [0.4, 0.5) is 5.69 Å². The summed E-state index contributed by atoms with van der Waals surface area (Å²) in [6.45, 7) is 6.30. The second-order valence-corrected chi connectivity index (χ2v) is 5.34. The standard InChI is InChI=1S/C15H22ClN3O2/c1-4-7-17-15(21)11(3)18-9-14(20)19-13-8-12(16)6-5-10(13)2/h5-6,8,11,18H,4,7,9H2,1-3H3,(H,17,21)(H,19,20). The summed E-state index contributed by atoms with van der Waals surface area (Å²) >= 11 is 5.90. The van der Waals surface area contributed by atoms with Gasteiger partial charge in [0.1, 0.15) is 0 Å². The fourth-order valence-electron chi connectivity index (χ4n) is 1.66. The Morgan fingerprint density at radius 1 is 1.33 bits per heavy atom. The van der Waals surface area contributed by atoms with Gasteiger partial charge in [0.25, 0.3) is 0 Å². The van der Waals surface area contributed by atoms with Crippen LogP contribution in [0.1, 0.15) is 25.8 Å². The predicted molar refractivity (Wildman–Crippen MR) is 85.6 cm³/mol. The molecule has 5 nitrogen and oxygen atoms in total. The van der Waals surface area contributed by atoms with Crippen LogP contribution in [0, 0.1) is 6.92 Å². The Hall–Kier alpha value is -1.59. The van der Waals surface area contributed by atoms with E-state index in [1.54, 1.807) is 19.1 Å². The van der Waals surface area contributed by atoms with E-state index in [-0.39, 0.29) is 18.4 Å². The summed E-state index contributed by atoms with van der Waals surface area (Å²) < 4.78 is 0. The van der Waals surface area contributed by atoms with Crippen molar-refractivity contribution in [2.24, 2.45) is 0 Å². The summed E-state index contributed by atoms with van der Waals surface area (Å²) in [6.07, 6.45) is 0.882. The summed E-state index contributed by atoms with van der Waals surface area (Å²) in [5, 5.41) is 9.00. The molecule has 0 spiro atoms. The highest BCUT2D eigenvalue weighted by Gasteiger charge is 2.13. The molecule has 1 aromatic rings. The molecule has 6 heteroatoms. The van der Waals surface area contributed by atoms with Crippen molar-refractivity contribution in [1.29, 1.82) is 0 Å². The van der Waals surface area contributed by atoms with E-state index in [1.807, 2.05) is 19.9 Å². The predicted octanol–water partition coefficient (Wildman–Crippen LogP) is 2.09. The maximum atomic E-state index is 11.9. The normalized spacial score (nSPS) is 11.8. The third kappa shape index (κ3) is 6.14. The van der Waals surface area contributed by atoms with E-state index in [4.69, 9.17) is 11.6 Å². The molecule has 3 N–H and O–H groups in total. The van der Waals surface area contributed by atoms with E-state index in [0.29, 0.717) is 17.3 Å². The van der Waals surface area contributed by atoms with E-state index >= 15 is 0 Å². The van der Waals surface area contributed by atoms with Gasteiger partial charge in [-0.05, 0) is 38.0 Å². The number of amides is 2. The smallest absolute Gasteiger partial charge is 0.238 e. The average molecular weight is 312 g/mol. The molecule has 0 fully saturated rings. The van der Waals surface area contributed by atoms with Crippen LogP contribution in [0.5, 0.6) is 0 Å². The van der Waals surface area contributed by atoms with Crippen molar-refractivity contribution in [3.8, 4) is 0 Å². The minimum Gasteiger partial charge on any atom is -0.355 e. The molecular weight excluding hydrogens is 290 g/mol. The van der Waals surface area contributed by atoms with Crippen LogP contribution < -0.4 is 16.0 Å². The van der Waals surface area contributed by atoms with Gasteiger partial charge < -0.3 is 10.6 Å². The van der Waals surface area contributed by atoms with E-state index in [1.165, 1.54) is 0 Å². The number of hydrogen-bond donors (Lipinski definition) is 3. The van der Waals surface area contributed by atoms with E-state index in [0.717, 1.165) is 12.0 Å². The van der Waals surface area contributed by atoms with Crippen molar-refractivity contribution >= 4 is 29.1 Å². The molecule has 0 radical (unpaired) electrons. The second-order valence-electron chi connectivity index (χ2n) is 4.90. The number of carbonyl (C=O) groups excluding carboxylic acids is 2. The lowest BCUT2D eigenvalue weighted by molar-refractivity contribution is -0.123. The van der Waals surface area contributed by atoms with Crippen molar-refractivity contribution < 1.29 is 9.59 Å². The Morgan fingerprint density at radius 3 is 2.71 bits per heavy atom. The van der Waals surface area contributed by atoms with Gasteiger partial charge in [0, 0.05) is 17.3 Å². The maximum Gasteiger partial charge on any atom is 0.238 e. The van der Waals surface area contributed by atoms with Crippen LogP contribution in [-0.4, -0.2) is 30.9 Å². The third-order valence-electron chi connectivity index (χ3n) is 2.99.